The molecule has 0 bridgehead atoms. The van der Waals surface area contributed by atoms with Crippen molar-refractivity contribution >= 4 is 40.5 Å². The highest BCUT2D eigenvalue weighted by Gasteiger charge is 2.06. The van der Waals surface area contributed by atoms with E-state index in [9.17, 15) is 4.79 Å². The van der Waals surface area contributed by atoms with Crippen LogP contribution in [-0.2, 0) is 11.4 Å². The van der Waals surface area contributed by atoms with E-state index in [1.165, 1.54) is 0 Å². The van der Waals surface area contributed by atoms with E-state index < -0.39 is 0 Å². The van der Waals surface area contributed by atoms with Crippen molar-refractivity contribution in [1.29, 1.82) is 0 Å². The third-order valence-electron chi connectivity index (χ3n) is 2.77. The highest BCUT2D eigenvalue weighted by atomic mass is 35.5. The maximum absolute atomic E-state index is 11.9. The molecule has 1 amide bonds. The summed E-state index contributed by atoms with van der Waals surface area (Å²) < 4.78 is 0. The fourth-order valence-corrected chi connectivity index (χ4v) is 2.20. The normalized spacial score (nSPS) is 10.2. The lowest BCUT2D eigenvalue weighted by Crippen LogP contribution is -2.21. The lowest BCUT2D eigenvalue weighted by atomic mass is 10.2. The summed E-state index contributed by atoms with van der Waals surface area (Å²) >= 11 is 11.8. The summed E-state index contributed by atoms with van der Waals surface area (Å²) in [6.45, 7) is 0.0515. The number of rotatable bonds is 5. The molecule has 0 radical (unpaired) electrons. The van der Waals surface area contributed by atoms with Crippen LogP contribution < -0.4 is 10.6 Å². The molecule has 0 aromatic heterocycles. The molecule has 0 saturated carbocycles. The van der Waals surface area contributed by atoms with Gasteiger partial charge in [-0.3, -0.25) is 4.79 Å². The van der Waals surface area contributed by atoms with Gasteiger partial charge in [-0.05, 0) is 35.9 Å². The third-order valence-corrected chi connectivity index (χ3v) is 3.32. The summed E-state index contributed by atoms with van der Waals surface area (Å²) in [5, 5.41) is 15.6. The minimum atomic E-state index is -0.228. The molecular formula is C15H14Cl2N2O2. The van der Waals surface area contributed by atoms with E-state index in [-0.39, 0.29) is 19.1 Å². The summed E-state index contributed by atoms with van der Waals surface area (Å²) in [5.41, 5.74) is 2.05. The fourth-order valence-electron chi connectivity index (χ4n) is 1.75. The number of aliphatic hydroxyl groups excluding tert-OH is 1. The van der Waals surface area contributed by atoms with E-state index in [0.717, 1.165) is 11.3 Å². The molecule has 0 aliphatic rings. The first-order valence-corrected chi connectivity index (χ1v) is 7.02. The zero-order valence-corrected chi connectivity index (χ0v) is 12.6. The number of aliphatic hydroxyl groups is 1. The van der Waals surface area contributed by atoms with Crippen molar-refractivity contribution in [2.45, 2.75) is 6.61 Å². The van der Waals surface area contributed by atoms with Gasteiger partial charge in [0.25, 0.3) is 0 Å². The highest BCUT2D eigenvalue weighted by Crippen LogP contribution is 2.25. The number of nitrogens with one attached hydrogen (secondary N) is 2. The number of amides is 1. The van der Waals surface area contributed by atoms with Crippen molar-refractivity contribution < 1.29 is 9.90 Å². The van der Waals surface area contributed by atoms with Crippen LogP contribution in [0.3, 0.4) is 0 Å². The molecule has 2 aromatic rings. The van der Waals surface area contributed by atoms with Gasteiger partial charge in [-0.25, -0.2) is 0 Å². The Kier molecular flexibility index (Phi) is 5.44. The summed E-state index contributed by atoms with van der Waals surface area (Å²) in [6.07, 6.45) is 0. The molecule has 0 aliphatic carbocycles. The highest BCUT2D eigenvalue weighted by molar-refractivity contribution is 6.36. The second-order valence-corrected chi connectivity index (χ2v) is 5.23. The molecule has 6 heteroatoms. The third kappa shape index (κ3) is 4.63. The predicted molar refractivity (Wildman–Crippen MR) is 85.9 cm³/mol. The van der Waals surface area contributed by atoms with Crippen LogP contribution in [0.1, 0.15) is 5.56 Å². The number of benzene rings is 2. The molecule has 0 atom stereocenters. The van der Waals surface area contributed by atoms with Crippen LogP contribution >= 0.6 is 23.2 Å². The Bertz CT molecular complexity index is 647. The largest absolute Gasteiger partial charge is 0.392 e. The summed E-state index contributed by atoms with van der Waals surface area (Å²) in [6, 6.07) is 12.1. The molecule has 21 heavy (non-hydrogen) atoms. The Balaban J connectivity index is 1.92. The van der Waals surface area contributed by atoms with Crippen molar-refractivity contribution in [2.75, 3.05) is 17.2 Å². The average molecular weight is 325 g/mol. The van der Waals surface area contributed by atoms with Crippen molar-refractivity contribution in [1.82, 2.24) is 0 Å². The quantitative estimate of drug-likeness (QED) is 0.788. The predicted octanol–water partition coefficient (Wildman–Crippen LogP) is 3.54. The van der Waals surface area contributed by atoms with Gasteiger partial charge in [-0.2, -0.15) is 0 Å². The van der Waals surface area contributed by atoms with Gasteiger partial charge < -0.3 is 15.7 Å². The number of carbonyl (C=O) groups excluding carboxylic acids is 1. The monoisotopic (exact) mass is 324 g/mol. The maximum atomic E-state index is 11.9. The Morgan fingerprint density at radius 3 is 2.67 bits per heavy atom. The van der Waals surface area contributed by atoms with Gasteiger partial charge in [0, 0.05) is 10.7 Å². The Morgan fingerprint density at radius 2 is 1.95 bits per heavy atom. The first kappa shape index (κ1) is 15.6. The Morgan fingerprint density at radius 1 is 1.14 bits per heavy atom. The van der Waals surface area contributed by atoms with Crippen molar-refractivity contribution in [2.24, 2.45) is 0 Å². The average Bonchev–Trinajstić information content (AvgIpc) is 2.48. The molecule has 3 N–H and O–H groups in total. The molecule has 0 saturated heterocycles. The van der Waals surface area contributed by atoms with Crippen LogP contribution in [0.25, 0.3) is 0 Å². The molecule has 2 rings (SSSR count). The first-order chi connectivity index (χ1) is 10.1. The molecule has 0 heterocycles. The fraction of sp³-hybridized carbons (Fsp3) is 0.133. The summed E-state index contributed by atoms with van der Waals surface area (Å²) in [4.78, 5) is 11.9. The summed E-state index contributed by atoms with van der Waals surface area (Å²) in [7, 11) is 0. The van der Waals surface area contributed by atoms with Gasteiger partial charge in [0.1, 0.15) is 0 Å². The van der Waals surface area contributed by atoms with Crippen LogP contribution in [0, 0.1) is 0 Å². The lowest BCUT2D eigenvalue weighted by Gasteiger charge is -2.10. The first-order valence-electron chi connectivity index (χ1n) is 6.27. The van der Waals surface area contributed by atoms with Crippen molar-refractivity contribution in [3.8, 4) is 0 Å². The van der Waals surface area contributed by atoms with Crippen LogP contribution in [0.15, 0.2) is 42.5 Å². The lowest BCUT2D eigenvalue weighted by molar-refractivity contribution is -0.114. The molecule has 2 aromatic carbocycles. The van der Waals surface area contributed by atoms with E-state index in [4.69, 9.17) is 28.3 Å². The Hall–Kier alpha value is -1.75. The van der Waals surface area contributed by atoms with Gasteiger partial charge in [0.15, 0.2) is 0 Å². The molecule has 0 unspecified atom stereocenters. The zero-order valence-electron chi connectivity index (χ0n) is 11.1. The number of hydrogen-bond acceptors (Lipinski definition) is 3. The van der Waals surface area contributed by atoms with E-state index >= 15 is 0 Å². The van der Waals surface area contributed by atoms with Crippen LogP contribution in [0.5, 0.6) is 0 Å². The van der Waals surface area contributed by atoms with Gasteiger partial charge in [0.05, 0.1) is 23.9 Å². The second kappa shape index (κ2) is 7.31. The van der Waals surface area contributed by atoms with E-state index in [1.807, 2.05) is 12.1 Å². The maximum Gasteiger partial charge on any atom is 0.243 e. The molecule has 0 fully saturated rings. The number of halogens is 2. The van der Waals surface area contributed by atoms with Crippen molar-refractivity contribution in [3.05, 3.63) is 58.1 Å². The van der Waals surface area contributed by atoms with E-state index in [2.05, 4.69) is 10.6 Å². The summed E-state index contributed by atoms with van der Waals surface area (Å²) in [5.74, 6) is -0.228. The molecular weight excluding hydrogens is 311 g/mol. The van der Waals surface area contributed by atoms with Gasteiger partial charge in [-0.1, -0.05) is 35.3 Å². The molecule has 0 spiro atoms. The van der Waals surface area contributed by atoms with Gasteiger partial charge >= 0.3 is 0 Å². The van der Waals surface area contributed by atoms with Gasteiger partial charge in [-0.15, -0.1) is 0 Å². The smallest absolute Gasteiger partial charge is 0.243 e. The minimum absolute atomic E-state index is 0.0396. The Labute approximate surface area is 132 Å². The number of carbonyl (C=O) groups is 1. The number of anilines is 2. The number of hydrogen-bond donors (Lipinski definition) is 3. The molecule has 0 aliphatic heterocycles. The van der Waals surface area contributed by atoms with Crippen LogP contribution in [0.4, 0.5) is 11.4 Å². The SMILES string of the molecule is O=C(CNc1cccc(CO)c1)Nc1ccc(Cl)cc1Cl. The molecule has 110 valence electrons. The van der Waals surface area contributed by atoms with E-state index in [1.54, 1.807) is 30.3 Å². The van der Waals surface area contributed by atoms with E-state index in [0.29, 0.717) is 15.7 Å². The van der Waals surface area contributed by atoms with Crippen LogP contribution in [-0.4, -0.2) is 17.6 Å². The second-order valence-electron chi connectivity index (χ2n) is 4.38. The zero-order chi connectivity index (χ0) is 15.2. The molecule has 4 nitrogen and oxygen atoms in total. The topological polar surface area (TPSA) is 61.4 Å². The van der Waals surface area contributed by atoms with Gasteiger partial charge in [0.2, 0.25) is 5.91 Å². The van der Waals surface area contributed by atoms with Crippen LogP contribution in [0.2, 0.25) is 10.0 Å². The standard InChI is InChI=1S/C15H14Cl2N2O2/c16-11-4-5-14(13(17)7-11)19-15(21)8-18-12-3-1-2-10(6-12)9-20/h1-7,18,20H,8-9H2,(H,19,21). The van der Waals surface area contributed by atoms with Crippen molar-refractivity contribution in [3.63, 3.8) is 0 Å². The minimum Gasteiger partial charge on any atom is -0.392 e.